The van der Waals surface area contributed by atoms with Gasteiger partial charge in [-0.3, -0.25) is 9.78 Å². The van der Waals surface area contributed by atoms with E-state index in [4.69, 9.17) is 14.2 Å². The maximum absolute atomic E-state index is 13.1. The molecule has 0 radical (unpaired) electrons. The Morgan fingerprint density at radius 2 is 2.03 bits per heavy atom. The zero-order valence-corrected chi connectivity index (χ0v) is 19.4. The maximum Gasteiger partial charge on any atom is 0.227 e. The summed E-state index contributed by atoms with van der Waals surface area (Å²) in [5.74, 6) is 2.51. The molecule has 34 heavy (non-hydrogen) atoms. The van der Waals surface area contributed by atoms with Crippen LogP contribution in [-0.4, -0.2) is 42.7 Å². The van der Waals surface area contributed by atoms with E-state index in [-0.39, 0.29) is 11.8 Å². The third-order valence-electron chi connectivity index (χ3n) is 6.54. The molecule has 1 aliphatic heterocycles. The zero-order valence-electron chi connectivity index (χ0n) is 19.4. The monoisotopic (exact) mass is 462 g/mol. The van der Waals surface area contributed by atoms with E-state index in [1.807, 2.05) is 36.4 Å². The van der Waals surface area contributed by atoms with E-state index in [0.717, 1.165) is 60.3 Å². The molecule has 2 aromatic heterocycles. The standard InChI is InChI=1S/C26H30N4O4/c1-32-24-9-8-18-5-3-7-21(25(18)30-24)29-26(31)19-6-2-4-17(12-19)14-27-15-20-13-22-23(16-28-20)34-11-10-33-22/h3,5,7-9,13,16-17,19,27H,2,4,6,10-12,14-15H2,1H3,(H,29,31). The summed E-state index contributed by atoms with van der Waals surface area (Å²) in [6, 6.07) is 11.5. The average Bonchev–Trinajstić information content (AvgIpc) is 2.88. The Morgan fingerprint density at radius 1 is 1.15 bits per heavy atom. The third kappa shape index (κ3) is 5.07. The van der Waals surface area contributed by atoms with Gasteiger partial charge in [0.25, 0.3) is 0 Å². The first-order chi connectivity index (χ1) is 16.7. The number of carbonyl (C=O) groups is 1. The summed E-state index contributed by atoms with van der Waals surface area (Å²) < 4.78 is 16.4. The third-order valence-corrected chi connectivity index (χ3v) is 6.54. The van der Waals surface area contributed by atoms with Gasteiger partial charge in [-0.05, 0) is 43.9 Å². The number of amides is 1. The number of carbonyl (C=O) groups excluding carboxylic acids is 1. The number of para-hydroxylation sites is 1. The van der Waals surface area contributed by atoms with Gasteiger partial charge in [0.1, 0.15) is 13.2 Å². The Kier molecular flexibility index (Phi) is 6.76. The van der Waals surface area contributed by atoms with E-state index >= 15 is 0 Å². The number of nitrogens with zero attached hydrogens (tertiary/aromatic N) is 2. The van der Waals surface area contributed by atoms with Crippen LogP contribution in [0.1, 0.15) is 31.4 Å². The van der Waals surface area contributed by atoms with Crippen LogP contribution in [0.25, 0.3) is 10.9 Å². The van der Waals surface area contributed by atoms with Crippen LogP contribution in [0.2, 0.25) is 0 Å². The van der Waals surface area contributed by atoms with Gasteiger partial charge in [-0.25, -0.2) is 4.98 Å². The number of fused-ring (bicyclic) bond motifs is 2. The molecule has 178 valence electrons. The molecule has 8 nitrogen and oxygen atoms in total. The number of hydrogen-bond donors (Lipinski definition) is 2. The second kappa shape index (κ2) is 10.3. The van der Waals surface area contributed by atoms with Crippen LogP contribution in [-0.2, 0) is 11.3 Å². The van der Waals surface area contributed by atoms with Gasteiger partial charge in [-0.1, -0.05) is 18.6 Å². The second-order valence-electron chi connectivity index (χ2n) is 8.90. The van der Waals surface area contributed by atoms with Gasteiger partial charge >= 0.3 is 0 Å². The van der Waals surface area contributed by atoms with Gasteiger partial charge in [0.2, 0.25) is 11.8 Å². The number of pyridine rings is 2. The largest absolute Gasteiger partial charge is 0.486 e. The highest BCUT2D eigenvalue weighted by Crippen LogP contribution is 2.32. The van der Waals surface area contributed by atoms with Crippen LogP contribution in [0.5, 0.6) is 17.4 Å². The van der Waals surface area contributed by atoms with Crippen molar-refractivity contribution in [2.24, 2.45) is 11.8 Å². The fourth-order valence-corrected chi connectivity index (χ4v) is 4.78. The van der Waals surface area contributed by atoms with Crippen molar-refractivity contribution in [3.8, 4) is 17.4 Å². The first-order valence-corrected chi connectivity index (χ1v) is 11.9. The summed E-state index contributed by atoms with van der Waals surface area (Å²) in [4.78, 5) is 22.1. The van der Waals surface area contributed by atoms with Crippen molar-refractivity contribution < 1.29 is 19.0 Å². The van der Waals surface area contributed by atoms with Crippen molar-refractivity contribution in [3.63, 3.8) is 0 Å². The minimum Gasteiger partial charge on any atom is -0.486 e. The Balaban J connectivity index is 1.16. The smallest absolute Gasteiger partial charge is 0.227 e. The minimum atomic E-state index is -0.00571. The Bertz CT molecular complexity index is 1170. The first kappa shape index (κ1) is 22.4. The number of methoxy groups -OCH3 is 1. The predicted octanol–water partition coefficient (Wildman–Crippen LogP) is 3.94. The molecule has 0 saturated heterocycles. The number of rotatable bonds is 7. The summed E-state index contributed by atoms with van der Waals surface area (Å²) in [7, 11) is 1.59. The van der Waals surface area contributed by atoms with Crippen molar-refractivity contribution in [1.82, 2.24) is 15.3 Å². The molecule has 2 unspecified atom stereocenters. The molecule has 0 bridgehead atoms. The van der Waals surface area contributed by atoms with Crippen molar-refractivity contribution in [2.75, 3.05) is 32.2 Å². The molecule has 0 spiro atoms. The summed E-state index contributed by atoms with van der Waals surface area (Å²) in [5, 5.41) is 7.60. The Labute approximate surface area is 199 Å². The van der Waals surface area contributed by atoms with Gasteiger partial charge < -0.3 is 24.8 Å². The van der Waals surface area contributed by atoms with Crippen LogP contribution >= 0.6 is 0 Å². The lowest BCUT2D eigenvalue weighted by atomic mass is 9.81. The molecule has 1 aliphatic carbocycles. The van der Waals surface area contributed by atoms with E-state index in [2.05, 4.69) is 20.6 Å². The van der Waals surface area contributed by atoms with E-state index in [1.54, 1.807) is 13.3 Å². The lowest BCUT2D eigenvalue weighted by Crippen LogP contribution is -2.32. The lowest BCUT2D eigenvalue weighted by molar-refractivity contribution is -0.121. The summed E-state index contributed by atoms with van der Waals surface area (Å²) >= 11 is 0. The second-order valence-corrected chi connectivity index (χ2v) is 8.90. The number of hydrogen-bond acceptors (Lipinski definition) is 7. The molecule has 3 aromatic rings. The van der Waals surface area contributed by atoms with Crippen molar-refractivity contribution in [1.29, 1.82) is 0 Å². The number of ether oxygens (including phenoxy) is 3. The zero-order chi connectivity index (χ0) is 23.3. The Morgan fingerprint density at radius 3 is 2.91 bits per heavy atom. The van der Waals surface area contributed by atoms with Gasteiger partial charge in [-0.15, -0.1) is 0 Å². The van der Waals surface area contributed by atoms with Crippen LogP contribution < -0.4 is 24.8 Å². The maximum atomic E-state index is 13.1. The average molecular weight is 463 g/mol. The topological polar surface area (TPSA) is 94.6 Å². The molecule has 2 aliphatic rings. The van der Waals surface area contributed by atoms with E-state index in [1.165, 1.54) is 0 Å². The Hall–Kier alpha value is -3.39. The number of nitrogens with one attached hydrogen (secondary N) is 2. The van der Waals surface area contributed by atoms with Crippen LogP contribution in [0, 0.1) is 11.8 Å². The van der Waals surface area contributed by atoms with Crippen LogP contribution in [0.3, 0.4) is 0 Å². The fourth-order valence-electron chi connectivity index (χ4n) is 4.78. The molecule has 3 heterocycles. The van der Waals surface area contributed by atoms with Crippen LogP contribution in [0.4, 0.5) is 5.69 Å². The van der Waals surface area contributed by atoms with E-state index in [0.29, 0.717) is 37.3 Å². The fraction of sp³-hybridized carbons (Fsp3) is 0.423. The molecular formula is C26H30N4O4. The minimum absolute atomic E-state index is 0.00571. The first-order valence-electron chi connectivity index (χ1n) is 11.9. The van der Waals surface area contributed by atoms with E-state index < -0.39 is 0 Å². The summed E-state index contributed by atoms with van der Waals surface area (Å²) in [6.45, 7) is 2.64. The number of aromatic nitrogens is 2. The van der Waals surface area contributed by atoms with Gasteiger partial charge in [0.05, 0.1) is 30.2 Å². The van der Waals surface area contributed by atoms with Gasteiger partial charge in [0.15, 0.2) is 11.5 Å². The summed E-state index contributed by atoms with van der Waals surface area (Å²) in [5.41, 5.74) is 2.40. The highest BCUT2D eigenvalue weighted by atomic mass is 16.6. The van der Waals surface area contributed by atoms with Crippen molar-refractivity contribution in [2.45, 2.75) is 32.2 Å². The highest BCUT2D eigenvalue weighted by Gasteiger charge is 2.27. The van der Waals surface area contributed by atoms with Crippen LogP contribution in [0.15, 0.2) is 42.6 Å². The normalized spacial score (nSPS) is 19.6. The summed E-state index contributed by atoms with van der Waals surface area (Å²) in [6.07, 6.45) is 5.68. The molecular weight excluding hydrogens is 432 g/mol. The highest BCUT2D eigenvalue weighted by molar-refractivity contribution is 6.01. The van der Waals surface area contributed by atoms with Gasteiger partial charge in [-0.2, -0.15) is 0 Å². The van der Waals surface area contributed by atoms with E-state index in [9.17, 15) is 4.79 Å². The SMILES string of the molecule is COc1ccc2cccc(NC(=O)C3CCCC(CNCc4cc5c(cn4)OCCO5)C3)c2n1. The van der Waals surface area contributed by atoms with Crippen molar-refractivity contribution in [3.05, 3.63) is 48.3 Å². The molecule has 8 heteroatoms. The lowest BCUT2D eigenvalue weighted by Gasteiger charge is -2.28. The molecule has 1 fully saturated rings. The molecule has 2 N–H and O–H groups in total. The molecule has 1 aromatic carbocycles. The predicted molar refractivity (Wildman–Crippen MR) is 129 cm³/mol. The molecule has 1 saturated carbocycles. The molecule has 5 rings (SSSR count). The van der Waals surface area contributed by atoms with Gasteiger partial charge in [0, 0.05) is 30.0 Å². The number of anilines is 1. The van der Waals surface area contributed by atoms with Crippen molar-refractivity contribution >= 4 is 22.5 Å². The number of benzene rings is 1. The quantitative estimate of drug-likeness (QED) is 0.549. The molecule has 2 atom stereocenters. The molecule has 1 amide bonds.